The standard InChI is InChI=1S/C72H49N3Si/c1-6-23-50(24-7-1)52-41-44-68-64(47-52)61-34-17-20-37-66(61)75(68)70-40-22-39-69-72(70)63-35-18-21-38-67(63)73(69)54-45-53(51-25-8-2-9-26-51)46-55(48-54)74-65-36-19-16-33-60(65)62-43-42-59(49-71(62)74)76(56-27-10-3-11-28-56,57-29-12-4-13-30-57)58-31-14-5-15-32-58/h1-49H. The van der Waals surface area contributed by atoms with Gasteiger partial charge in [0.25, 0.3) is 0 Å². The van der Waals surface area contributed by atoms with Crippen LogP contribution in [0.2, 0.25) is 0 Å². The molecule has 0 amide bonds. The van der Waals surface area contributed by atoms with Crippen molar-refractivity contribution in [2.24, 2.45) is 0 Å². The number of hydrogen-bond donors (Lipinski definition) is 0. The summed E-state index contributed by atoms with van der Waals surface area (Å²) in [6, 6.07) is 111. The summed E-state index contributed by atoms with van der Waals surface area (Å²) in [6.45, 7) is 0. The molecule has 0 spiro atoms. The minimum Gasteiger partial charge on any atom is -0.309 e. The third-order valence-electron chi connectivity index (χ3n) is 15.9. The Balaban J connectivity index is 1.00. The third-order valence-corrected chi connectivity index (χ3v) is 20.7. The van der Waals surface area contributed by atoms with Gasteiger partial charge >= 0.3 is 0 Å². The van der Waals surface area contributed by atoms with E-state index in [9.17, 15) is 0 Å². The molecule has 0 aliphatic carbocycles. The fourth-order valence-corrected chi connectivity index (χ4v) is 17.5. The van der Waals surface area contributed by atoms with E-state index in [-0.39, 0.29) is 0 Å². The van der Waals surface area contributed by atoms with E-state index in [1.165, 1.54) is 86.3 Å². The Morgan fingerprint density at radius 3 is 1.24 bits per heavy atom. The highest BCUT2D eigenvalue weighted by molar-refractivity contribution is 7.20. The van der Waals surface area contributed by atoms with Crippen LogP contribution in [0.15, 0.2) is 297 Å². The lowest BCUT2D eigenvalue weighted by molar-refractivity contribution is 1.13. The molecule has 356 valence electrons. The van der Waals surface area contributed by atoms with Crippen LogP contribution in [0.1, 0.15) is 0 Å². The Labute approximate surface area is 442 Å². The molecule has 3 aromatic heterocycles. The van der Waals surface area contributed by atoms with Gasteiger partial charge in [0, 0.05) is 43.7 Å². The summed E-state index contributed by atoms with van der Waals surface area (Å²) in [5.41, 5.74) is 15.1. The zero-order valence-corrected chi connectivity index (χ0v) is 42.6. The molecule has 3 heterocycles. The van der Waals surface area contributed by atoms with E-state index in [4.69, 9.17) is 0 Å². The zero-order chi connectivity index (χ0) is 50.2. The van der Waals surface area contributed by atoms with Gasteiger partial charge in [0.2, 0.25) is 0 Å². The highest BCUT2D eigenvalue weighted by Gasteiger charge is 2.41. The number of para-hydroxylation sites is 3. The van der Waals surface area contributed by atoms with Crippen molar-refractivity contribution in [2.75, 3.05) is 0 Å². The van der Waals surface area contributed by atoms with Crippen molar-refractivity contribution < 1.29 is 0 Å². The minimum atomic E-state index is -2.87. The van der Waals surface area contributed by atoms with Crippen LogP contribution in [0.25, 0.3) is 105 Å². The van der Waals surface area contributed by atoms with Crippen LogP contribution in [0.5, 0.6) is 0 Å². The van der Waals surface area contributed by atoms with Crippen LogP contribution >= 0.6 is 0 Å². The Morgan fingerprint density at radius 1 is 0.211 bits per heavy atom. The number of benzene rings is 12. The second-order valence-corrected chi connectivity index (χ2v) is 23.8. The van der Waals surface area contributed by atoms with Gasteiger partial charge in [-0.05, 0) is 110 Å². The van der Waals surface area contributed by atoms with E-state index in [0.29, 0.717) is 0 Å². The summed E-state index contributed by atoms with van der Waals surface area (Å²) < 4.78 is 7.53. The lowest BCUT2D eigenvalue weighted by atomic mass is 10.0. The van der Waals surface area contributed by atoms with Crippen molar-refractivity contribution in [1.82, 2.24) is 13.7 Å². The van der Waals surface area contributed by atoms with Crippen LogP contribution < -0.4 is 20.7 Å². The van der Waals surface area contributed by atoms with Gasteiger partial charge in [-0.3, -0.25) is 0 Å². The lowest BCUT2D eigenvalue weighted by Gasteiger charge is -2.34. The van der Waals surface area contributed by atoms with Crippen molar-refractivity contribution in [2.45, 2.75) is 0 Å². The SMILES string of the molecule is c1ccc(-c2cc(-n3c4ccccc4c4ccc([Si](c5ccccc5)(c5ccccc5)c5ccccc5)cc43)cc(-n3c4ccccc4c4c(-n5c6ccccc6c6cc(-c7ccccc7)ccc65)cccc43)c2)cc1. The minimum absolute atomic E-state index is 1.10. The van der Waals surface area contributed by atoms with Crippen molar-refractivity contribution in [3.8, 4) is 39.3 Å². The topological polar surface area (TPSA) is 14.8 Å². The van der Waals surface area contributed by atoms with E-state index in [1.807, 2.05) is 0 Å². The van der Waals surface area contributed by atoms with Gasteiger partial charge < -0.3 is 13.7 Å². The van der Waals surface area contributed by atoms with Gasteiger partial charge in [-0.15, -0.1) is 0 Å². The molecule has 0 saturated heterocycles. The summed E-state index contributed by atoms with van der Waals surface area (Å²) in [4.78, 5) is 0. The second-order valence-electron chi connectivity index (χ2n) is 20.0. The number of hydrogen-bond acceptors (Lipinski definition) is 0. The van der Waals surface area contributed by atoms with Crippen molar-refractivity contribution in [3.63, 3.8) is 0 Å². The number of fused-ring (bicyclic) bond motifs is 9. The van der Waals surface area contributed by atoms with E-state index < -0.39 is 8.07 Å². The quantitative estimate of drug-likeness (QED) is 0.101. The fraction of sp³-hybridized carbons (Fsp3) is 0. The van der Waals surface area contributed by atoms with Crippen molar-refractivity contribution in [1.29, 1.82) is 0 Å². The fourth-order valence-electron chi connectivity index (χ4n) is 12.7. The molecule has 0 aliphatic rings. The molecule has 3 nitrogen and oxygen atoms in total. The maximum absolute atomic E-state index is 2.87. The summed E-state index contributed by atoms with van der Waals surface area (Å²) >= 11 is 0. The molecule has 15 rings (SSSR count). The van der Waals surface area contributed by atoms with Gasteiger partial charge in [-0.1, -0.05) is 231 Å². The molecule has 0 saturated carbocycles. The molecule has 0 bridgehead atoms. The third kappa shape index (κ3) is 6.74. The smallest absolute Gasteiger partial charge is 0.179 e. The number of rotatable bonds is 9. The van der Waals surface area contributed by atoms with E-state index >= 15 is 0 Å². The lowest BCUT2D eigenvalue weighted by Crippen LogP contribution is -2.74. The Bertz CT molecular complexity index is 4570. The maximum atomic E-state index is 2.53. The van der Waals surface area contributed by atoms with Crippen LogP contribution in [0.4, 0.5) is 0 Å². The van der Waals surface area contributed by atoms with E-state index in [0.717, 1.165) is 39.2 Å². The molecule has 12 aromatic carbocycles. The molecule has 4 heteroatoms. The van der Waals surface area contributed by atoms with Gasteiger partial charge in [-0.2, -0.15) is 0 Å². The molecule has 76 heavy (non-hydrogen) atoms. The van der Waals surface area contributed by atoms with E-state index in [2.05, 4.69) is 311 Å². The normalized spacial score (nSPS) is 11.9. The summed E-state index contributed by atoms with van der Waals surface area (Å²) in [5, 5.41) is 12.7. The average molecular weight is 984 g/mol. The molecular formula is C72H49N3Si. The first-order valence-corrected chi connectivity index (χ1v) is 28.3. The molecule has 0 aliphatic heterocycles. The van der Waals surface area contributed by atoms with Gasteiger partial charge in [-0.25, -0.2) is 0 Å². The predicted octanol–water partition coefficient (Wildman–Crippen LogP) is 15.7. The monoisotopic (exact) mass is 983 g/mol. The molecular weight excluding hydrogens is 935 g/mol. The summed E-state index contributed by atoms with van der Waals surface area (Å²) in [5.74, 6) is 0. The largest absolute Gasteiger partial charge is 0.309 e. The molecule has 15 aromatic rings. The molecule has 0 radical (unpaired) electrons. The van der Waals surface area contributed by atoms with Gasteiger partial charge in [0.1, 0.15) is 0 Å². The van der Waals surface area contributed by atoms with Crippen LogP contribution in [-0.2, 0) is 0 Å². The Morgan fingerprint density at radius 2 is 0.645 bits per heavy atom. The van der Waals surface area contributed by atoms with Crippen molar-refractivity contribution in [3.05, 3.63) is 297 Å². The molecule has 0 fully saturated rings. The van der Waals surface area contributed by atoms with Crippen LogP contribution in [-0.4, -0.2) is 21.8 Å². The highest BCUT2D eigenvalue weighted by atomic mass is 28.3. The molecule has 0 N–H and O–H groups in total. The van der Waals surface area contributed by atoms with E-state index in [1.54, 1.807) is 0 Å². The highest BCUT2D eigenvalue weighted by Crippen LogP contribution is 2.42. The molecule has 0 atom stereocenters. The zero-order valence-electron chi connectivity index (χ0n) is 41.6. The average Bonchev–Trinajstić information content (AvgIpc) is 4.25. The molecule has 0 unspecified atom stereocenters. The second kappa shape index (κ2) is 17.7. The maximum Gasteiger partial charge on any atom is 0.179 e. The summed E-state index contributed by atoms with van der Waals surface area (Å²) in [6.07, 6.45) is 0. The first-order valence-electron chi connectivity index (χ1n) is 26.3. The first-order chi connectivity index (χ1) is 37.7. The number of aromatic nitrogens is 3. The summed E-state index contributed by atoms with van der Waals surface area (Å²) in [7, 11) is -2.87. The van der Waals surface area contributed by atoms with Crippen molar-refractivity contribution >= 4 is 94.2 Å². The number of nitrogens with zero attached hydrogens (tertiary/aromatic N) is 3. The van der Waals surface area contributed by atoms with Gasteiger partial charge in [0.15, 0.2) is 8.07 Å². The predicted molar refractivity (Wildman–Crippen MR) is 324 cm³/mol. The van der Waals surface area contributed by atoms with Crippen LogP contribution in [0, 0.1) is 0 Å². The Kier molecular flexibility index (Phi) is 10.2. The van der Waals surface area contributed by atoms with Gasteiger partial charge in [0.05, 0.1) is 38.8 Å². The van der Waals surface area contributed by atoms with Crippen LogP contribution in [0.3, 0.4) is 0 Å². The Hall–Kier alpha value is -9.74. The first kappa shape index (κ1) is 43.8.